The van der Waals surface area contributed by atoms with Gasteiger partial charge < -0.3 is 9.74 Å². The van der Waals surface area contributed by atoms with Crippen molar-refractivity contribution in [1.82, 2.24) is 20.1 Å². The molecule has 2 atom stereocenters. The normalized spacial score (nSPS) is 22.1. The number of aromatic nitrogens is 3. The molecule has 0 amide bonds. The van der Waals surface area contributed by atoms with E-state index in [4.69, 9.17) is 4.84 Å². The molecule has 7 heteroatoms. The minimum absolute atomic E-state index is 0.468. The van der Waals surface area contributed by atoms with E-state index >= 15 is 0 Å². The molecule has 0 spiro atoms. The maximum Gasteiger partial charge on any atom is 0.365 e. The van der Waals surface area contributed by atoms with Crippen molar-refractivity contribution in [3.05, 3.63) is 78.4 Å². The quantitative estimate of drug-likeness (QED) is 0.366. The smallest absolute Gasteiger partial charge is 0.365 e. The summed E-state index contributed by atoms with van der Waals surface area (Å²) in [6.07, 6.45) is 8.33. The molecular formula is C30H31N5O2. The zero-order valence-corrected chi connectivity index (χ0v) is 20.9. The van der Waals surface area contributed by atoms with Crippen molar-refractivity contribution < 1.29 is 9.63 Å². The molecule has 2 aliphatic heterocycles. The average Bonchev–Trinajstić information content (AvgIpc) is 3.69. The summed E-state index contributed by atoms with van der Waals surface area (Å²) in [6.45, 7) is 2.37. The Morgan fingerprint density at radius 1 is 0.784 bits per heavy atom. The number of rotatable bonds is 5. The van der Waals surface area contributed by atoms with Crippen LogP contribution in [0.3, 0.4) is 0 Å². The summed E-state index contributed by atoms with van der Waals surface area (Å²) < 4.78 is 0. The van der Waals surface area contributed by atoms with E-state index in [0.29, 0.717) is 22.6 Å². The van der Waals surface area contributed by atoms with Crippen LogP contribution in [0, 0.1) is 0 Å². The van der Waals surface area contributed by atoms with Crippen LogP contribution in [0.15, 0.2) is 72.8 Å². The molecule has 2 unspecified atom stereocenters. The summed E-state index contributed by atoms with van der Waals surface area (Å²) in [5, 5.41) is 7.95. The highest BCUT2D eigenvalue weighted by atomic mass is 16.7. The molecule has 1 aromatic heterocycles. The Kier molecular flexibility index (Phi) is 5.65. The lowest BCUT2D eigenvalue weighted by Gasteiger charge is -2.41. The predicted octanol–water partition coefficient (Wildman–Crippen LogP) is 4.96. The molecule has 4 aromatic rings. The van der Waals surface area contributed by atoms with Crippen LogP contribution in [0.5, 0.6) is 0 Å². The summed E-state index contributed by atoms with van der Waals surface area (Å²) in [4.78, 5) is 24.7. The topological polar surface area (TPSA) is 63.5 Å². The van der Waals surface area contributed by atoms with Gasteiger partial charge in [-0.2, -0.15) is 0 Å². The second-order valence-corrected chi connectivity index (χ2v) is 10.6. The molecule has 0 radical (unpaired) electrons. The minimum atomic E-state index is -0.469. The Bertz CT molecular complexity index is 1410. The van der Waals surface area contributed by atoms with E-state index in [9.17, 15) is 4.79 Å². The van der Waals surface area contributed by atoms with Gasteiger partial charge in [0.2, 0.25) is 0 Å². The highest BCUT2D eigenvalue weighted by Crippen LogP contribution is 2.38. The van der Waals surface area contributed by atoms with E-state index in [0.717, 1.165) is 29.8 Å². The molecule has 7 nitrogen and oxygen atoms in total. The molecule has 0 N–H and O–H groups in total. The number of fused-ring (bicyclic) bond motifs is 3. The van der Waals surface area contributed by atoms with Crippen LogP contribution < -0.4 is 9.74 Å². The molecule has 3 heterocycles. The number of piperazine rings is 1. The highest BCUT2D eigenvalue weighted by Gasteiger charge is 2.45. The van der Waals surface area contributed by atoms with Crippen molar-refractivity contribution in [2.45, 2.75) is 56.7 Å². The number of likely N-dealkylation sites (tertiary alicyclic amines) is 1. The van der Waals surface area contributed by atoms with E-state index in [1.807, 2.05) is 36.4 Å². The van der Waals surface area contributed by atoms with Crippen molar-refractivity contribution in [3.63, 3.8) is 0 Å². The number of carbonyl (C=O) groups excluding carboxylic acids is 1. The molecule has 2 bridgehead atoms. The van der Waals surface area contributed by atoms with Gasteiger partial charge in [0, 0.05) is 36.9 Å². The van der Waals surface area contributed by atoms with E-state index < -0.39 is 5.97 Å². The third-order valence-electron chi connectivity index (χ3n) is 8.47. The Morgan fingerprint density at radius 2 is 1.51 bits per heavy atom. The van der Waals surface area contributed by atoms with Crippen LogP contribution in [0.2, 0.25) is 0 Å². The van der Waals surface area contributed by atoms with Crippen LogP contribution in [0.1, 0.15) is 48.9 Å². The van der Waals surface area contributed by atoms with Crippen LogP contribution in [0.4, 0.5) is 5.69 Å². The molecule has 3 aromatic carbocycles. The fourth-order valence-corrected chi connectivity index (χ4v) is 6.56. The van der Waals surface area contributed by atoms with Crippen molar-refractivity contribution in [2.75, 3.05) is 18.0 Å². The number of para-hydroxylation sites is 1. The van der Waals surface area contributed by atoms with Gasteiger partial charge in [0.05, 0.1) is 5.56 Å². The van der Waals surface area contributed by atoms with Crippen LogP contribution in [-0.2, 0) is 0 Å². The highest BCUT2D eigenvalue weighted by molar-refractivity contribution is 5.90. The van der Waals surface area contributed by atoms with Gasteiger partial charge in [0.15, 0.2) is 0 Å². The zero-order valence-electron chi connectivity index (χ0n) is 20.9. The maximum absolute atomic E-state index is 12.7. The number of nitrogens with zero attached hydrogens (tertiary/aromatic N) is 5. The summed E-state index contributed by atoms with van der Waals surface area (Å²) in [5.74, 6) is -0.469. The van der Waals surface area contributed by atoms with E-state index in [1.54, 1.807) is 12.1 Å². The first-order valence-electron chi connectivity index (χ1n) is 13.5. The zero-order chi connectivity index (χ0) is 24.8. The molecule has 3 fully saturated rings. The number of anilines is 1. The van der Waals surface area contributed by atoms with E-state index in [-0.39, 0.29) is 0 Å². The first-order chi connectivity index (χ1) is 18.2. The molecule has 3 aliphatic rings. The van der Waals surface area contributed by atoms with E-state index in [1.165, 1.54) is 55.6 Å². The molecule has 2 saturated heterocycles. The van der Waals surface area contributed by atoms with Gasteiger partial charge >= 0.3 is 5.97 Å². The third kappa shape index (κ3) is 4.17. The Hall–Kier alpha value is -3.71. The molecule has 37 heavy (non-hydrogen) atoms. The summed E-state index contributed by atoms with van der Waals surface area (Å²) in [6, 6.07) is 25.9. The fraction of sp³-hybridized carbons (Fsp3) is 0.367. The van der Waals surface area contributed by atoms with Crippen LogP contribution in [0.25, 0.3) is 22.2 Å². The lowest BCUT2D eigenvalue weighted by Crippen LogP contribution is -2.50. The van der Waals surface area contributed by atoms with Gasteiger partial charge in [-0.05, 0) is 72.0 Å². The first-order valence-corrected chi connectivity index (χ1v) is 13.5. The number of carbonyl (C=O) groups is 1. The van der Waals surface area contributed by atoms with Gasteiger partial charge in [0.1, 0.15) is 11.0 Å². The molecule has 7 rings (SSSR count). The van der Waals surface area contributed by atoms with Crippen LogP contribution >= 0.6 is 0 Å². The van der Waals surface area contributed by atoms with E-state index in [2.05, 4.69) is 44.4 Å². The van der Waals surface area contributed by atoms with Gasteiger partial charge in [-0.3, -0.25) is 4.90 Å². The largest absolute Gasteiger partial charge is 0.366 e. The minimum Gasteiger partial charge on any atom is -0.366 e. The van der Waals surface area contributed by atoms with Gasteiger partial charge in [-0.1, -0.05) is 60.5 Å². The maximum atomic E-state index is 12.7. The number of hydrogen-bond acceptors (Lipinski definition) is 6. The SMILES string of the molecule is O=C(On1nnc2ccccc21)c1ccc(-c2ccc(N3CC4CC3CN4C3CCCCC3)cc2)cc1. The first kappa shape index (κ1) is 22.5. The fourth-order valence-electron chi connectivity index (χ4n) is 6.56. The number of benzene rings is 3. The lowest BCUT2D eigenvalue weighted by atomic mass is 9.93. The molecular weight excluding hydrogens is 462 g/mol. The molecule has 188 valence electrons. The number of hydrogen-bond donors (Lipinski definition) is 0. The lowest BCUT2D eigenvalue weighted by molar-refractivity contribution is 0.0409. The van der Waals surface area contributed by atoms with Gasteiger partial charge in [-0.25, -0.2) is 4.79 Å². The molecule has 1 saturated carbocycles. The monoisotopic (exact) mass is 493 g/mol. The average molecular weight is 494 g/mol. The van der Waals surface area contributed by atoms with Gasteiger partial charge in [0.25, 0.3) is 0 Å². The Morgan fingerprint density at radius 3 is 2.24 bits per heavy atom. The van der Waals surface area contributed by atoms with Gasteiger partial charge in [-0.15, -0.1) is 5.10 Å². The van der Waals surface area contributed by atoms with Crippen molar-refractivity contribution in [3.8, 4) is 11.1 Å². The Balaban J connectivity index is 1.00. The standard InChI is InChI=1S/C30H31N5O2/c36-30(37-35-29-9-5-4-8-28(29)31-32-35)23-12-10-21(11-13-23)22-14-16-25(17-15-22)34-20-26-18-27(34)19-33(26)24-6-2-1-3-7-24/h4-5,8-17,24,26-27H,1-3,6-7,18-20H2. The second kappa shape index (κ2) is 9.30. The Labute approximate surface area is 216 Å². The van der Waals surface area contributed by atoms with Crippen molar-refractivity contribution >= 4 is 22.7 Å². The molecule has 1 aliphatic carbocycles. The van der Waals surface area contributed by atoms with Crippen molar-refractivity contribution in [1.29, 1.82) is 0 Å². The summed E-state index contributed by atoms with van der Waals surface area (Å²) in [5.41, 5.74) is 5.33. The van der Waals surface area contributed by atoms with Crippen LogP contribution in [-0.4, -0.2) is 57.2 Å². The van der Waals surface area contributed by atoms with Crippen molar-refractivity contribution in [2.24, 2.45) is 0 Å². The second-order valence-electron chi connectivity index (χ2n) is 10.6. The summed E-state index contributed by atoms with van der Waals surface area (Å²) in [7, 11) is 0. The predicted molar refractivity (Wildman–Crippen MR) is 143 cm³/mol. The third-order valence-corrected chi connectivity index (χ3v) is 8.47. The summed E-state index contributed by atoms with van der Waals surface area (Å²) >= 11 is 0.